The molecule has 0 fully saturated rings. The lowest BCUT2D eigenvalue weighted by atomic mass is 10.1. The molecule has 0 bridgehead atoms. The Morgan fingerprint density at radius 2 is 1.82 bits per heavy atom. The van der Waals surface area contributed by atoms with Crippen molar-refractivity contribution in [1.29, 1.82) is 0 Å². The number of benzene rings is 1. The van der Waals surface area contributed by atoms with Gasteiger partial charge in [0.2, 0.25) is 0 Å². The first-order valence-electron chi connectivity index (χ1n) is 9.96. The number of aromatic amines is 1. The fourth-order valence-electron chi connectivity index (χ4n) is 3.21. The van der Waals surface area contributed by atoms with E-state index in [1.54, 1.807) is 12.1 Å². The van der Waals surface area contributed by atoms with E-state index in [1.165, 1.54) is 25.3 Å². The van der Waals surface area contributed by atoms with Crippen molar-refractivity contribution < 1.29 is 27.2 Å². The van der Waals surface area contributed by atoms with E-state index in [1.807, 2.05) is 0 Å². The number of hydrogen-bond donors (Lipinski definition) is 3. The van der Waals surface area contributed by atoms with Crippen LogP contribution in [-0.2, 0) is 12.7 Å². The van der Waals surface area contributed by atoms with E-state index >= 15 is 0 Å². The third kappa shape index (κ3) is 5.03. The maximum absolute atomic E-state index is 14.3. The molecule has 0 radical (unpaired) electrons. The second-order valence-corrected chi connectivity index (χ2v) is 7.47. The van der Waals surface area contributed by atoms with Crippen LogP contribution in [0.1, 0.15) is 38.9 Å². The van der Waals surface area contributed by atoms with Gasteiger partial charge >= 0.3 is 6.18 Å². The zero-order chi connectivity index (χ0) is 24.5. The number of nitrogens with zero attached hydrogens (tertiary/aromatic N) is 2. The number of amides is 1. The van der Waals surface area contributed by atoms with Gasteiger partial charge in [-0.2, -0.15) is 13.2 Å². The average molecular weight is 471 g/mol. The van der Waals surface area contributed by atoms with E-state index < -0.39 is 23.5 Å². The number of rotatable bonds is 6. The minimum atomic E-state index is -4.64. The number of nitrogens with one attached hydrogen (secondary N) is 3. The highest BCUT2D eigenvalue weighted by molar-refractivity contribution is 6.04. The molecule has 3 aromatic heterocycles. The van der Waals surface area contributed by atoms with Crippen LogP contribution in [0, 0.1) is 5.82 Å². The Morgan fingerprint density at radius 1 is 1.03 bits per heavy atom. The fraction of sp³-hybridized carbons (Fsp3) is 0.130. The second kappa shape index (κ2) is 8.93. The van der Waals surface area contributed by atoms with Crippen LogP contribution in [0.15, 0.2) is 55.0 Å². The van der Waals surface area contributed by atoms with Crippen molar-refractivity contribution in [2.24, 2.45) is 0 Å². The Morgan fingerprint density at radius 3 is 2.56 bits per heavy atom. The monoisotopic (exact) mass is 471 g/mol. The first kappa shape index (κ1) is 22.9. The molecule has 3 heterocycles. The van der Waals surface area contributed by atoms with Gasteiger partial charge in [-0.1, -0.05) is 0 Å². The van der Waals surface area contributed by atoms with Gasteiger partial charge in [-0.05, 0) is 36.4 Å². The van der Waals surface area contributed by atoms with Crippen molar-refractivity contribution in [3.63, 3.8) is 0 Å². The van der Waals surface area contributed by atoms with Crippen LogP contribution in [0.2, 0.25) is 0 Å². The van der Waals surface area contributed by atoms with E-state index in [4.69, 9.17) is 0 Å². The number of carbonyl (C=O) groups excluding carboxylic acids is 2. The summed E-state index contributed by atoms with van der Waals surface area (Å²) in [6, 6.07) is 7.91. The van der Waals surface area contributed by atoms with Crippen molar-refractivity contribution in [2.45, 2.75) is 19.6 Å². The van der Waals surface area contributed by atoms with Crippen LogP contribution < -0.4 is 10.6 Å². The molecular weight excluding hydrogens is 454 g/mol. The molecule has 0 aliphatic heterocycles. The van der Waals surface area contributed by atoms with E-state index in [0.29, 0.717) is 34.7 Å². The number of fused-ring (bicyclic) bond motifs is 1. The van der Waals surface area contributed by atoms with Gasteiger partial charge in [0.05, 0.1) is 28.7 Å². The standard InChI is InChI=1S/C23H17F4N5O2/c1-12(33)20-7-13-5-18(11-30-21(13)32-20)29-9-14-6-17(2-3-19(14)24)31-22(34)15-4-16(10-28-8-15)23(25,26)27/h2-8,10-11,29H,9H2,1H3,(H,30,32)(H,31,34). The number of alkyl halides is 3. The minimum absolute atomic E-state index is 0.0395. The van der Waals surface area contributed by atoms with Gasteiger partial charge in [0.1, 0.15) is 11.5 Å². The van der Waals surface area contributed by atoms with Crippen molar-refractivity contribution in [1.82, 2.24) is 15.0 Å². The zero-order valence-electron chi connectivity index (χ0n) is 17.6. The Hall–Kier alpha value is -4.28. The highest BCUT2D eigenvalue weighted by atomic mass is 19.4. The number of carbonyl (C=O) groups is 2. The molecule has 174 valence electrons. The Balaban J connectivity index is 1.47. The summed E-state index contributed by atoms with van der Waals surface area (Å²) in [6.07, 6.45) is -1.48. The molecule has 0 spiro atoms. The largest absolute Gasteiger partial charge is 0.417 e. The molecule has 0 saturated carbocycles. The van der Waals surface area contributed by atoms with Crippen molar-refractivity contribution >= 4 is 34.1 Å². The first-order chi connectivity index (χ1) is 16.1. The van der Waals surface area contributed by atoms with Crippen molar-refractivity contribution in [3.8, 4) is 0 Å². The van der Waals surface area contributed by atoms with Crippen molar-refractivity contribution in [2.75, 3.05) is 10.6 Å². The van der Waals surface area contributed by atoms with E-state index in [9.17, 15) is 27.2 Å². The highest BCUT2D eigenvalue weighted by Crippen LogP contribution is 2.29. The van der Waals surface area contributed by atoms with Crippen molar-refractivity contribution in [3.05, 3.63) is 83.2 Å². The van der Waals surface area contributed by atoms with Crippen LogP contribution in [-0.4, -0.2) is 26.6 Å². The molecule has 11 heteroatoms. The highest BCUT2D eigenvalue weighted by Gasteiger charge is 2.31. The van der Waals surface area contributed by atoms with Gasteiger partial charge in [-0.25, -0.2) is 9.37 Å². The Kier molecular flexibility index (Phi) is 6.01. The molecule has 4 rings (SSSR count). The number of pyridine rings is 2. The van der Waals surface area contributed by atoms with Gasteiger partial charge in [-0.15, -0.1) is 0 Å². The quantitative estimate of drug-likeness (QED) is 0.266. The van der Waals surface area contributed by atoms with E-state index in [2.05, 4.69) is 25.6 Å². The van der Waals surface area contributed by atoms with Crippen LogP contribution >= 0.6 is 0 Å². The predicted molar refractivity (Wildman–Crippen MR) is 117 cm³/mol. The topological polar surface area (TPSA) is 99.8 Å². The van der Waals surface area contributed by atoms with Gasteiger partial charge in [0.25, 0.3) is 5.91 Å². The number of ketones is 1. The average Bonchev–Trinajstić information content (AvgIpc) is 3.23. The molecule has 0 saturated heterocycles. The molecule has 4 aromatic rings. The Labute approximate surface area is 190 Å². The lowest BCUT2D eigenvalue weighted by Crippen LogP contribution is -2.15. The lowest BCUT2D eigenvalue weighted by molar-refractivity contribution is -0.137. The SMILES string of the molecule is CC(=O)c1cc2cc(NCc3cc(NC(=O)c4cncc(C(F)(F)F)c4)ccc3F)cnc2[nH]1. The number of anilines is 2. The Bertz CT molecular complexity index is 1400. The summed E-state index contributed by atoms with van der Waals surface area (Å²) < 4.78 is 52.9. The summed E-state index contributed by atoms with van der Waals surface area (Å²) >= 11 is 0. The number of halogens is 4. The number of H-pyrrole nitrogens is 1. The minimum Gasteiger partial charge on any atom is -0.380 e. The van der Waals surface area contributed by atoms with Crippen LogP contribution in [0.25, 0.3) is 11.0 Å². The molecule has 3 N–H and O–H groups in total. The lowest BCUT2D eigenvalue weighted by Gasteiger charge is -2.11. The molecule has 0 atom stereocenters. The summed E-state index contributed by atoms with van der Waals surface area (Å²) in [7, 11) is 0. The molecule has 1 aromatic carbocycles. The molecule has 0 aliphatic carbocycles. The van der Waals surface area contributed by atoms with Crippen LogP contribution in [0.4, 0.5) is 28.9 Å². The smallest absolute Gasteiger partial charge is 0.380 e. The van der Waals surface area contributed by atoms with E-state index in [-0.39, 0.29) is 29.1 Å². The molecule has 7 nitrogen and oxygen atoms in total. The summed E-state index contributed by atoms with van der Waals surface area (Å²) in [5.74, 6) is -1.48. The third-order valence-corrected chi connectivity index (χ3v) is 4.96. The van der Waals surface area contributed by atoms with E-state index in [0.717, 1.165) is 12.3 Å². The van der Waals surface area contributed by atoms with Gasteiger partial charge < -0.3 is 15.6 Å². The maximum Gasteiger partial charge on any atom is 0.417 e. The molecule has 34 heavy (non-hydrogen) atoms. The number of Topliss-reactive ketones (excluding diaryl/α,β-unsaturated/α-hetero) is 1. The third-order valence-electron chi connectivity index (χ3n) is 4.96. The number of aromatic nitrogens is 3. The normalized spacial score (nSPS) is 11.4. The molecule has 0 unspecified atom stereocenters. The van der Waals surface area contributed by atoms with Gasteiger partial charge in [-0.3, -0.25) is 14.6 Å². The summed E-state index contributed by atoms with van der Waals surface area (Å²) in [4.78, 5) is 34.5. The fourth-order valence-corrected chi connectivity index (χ4v) is 3.21. The zero-order valence-corrected chi connectivity index (χ0v) is 17.6. The van der Waals surface area contributed by atoms with Gasteiger partial charge in [0, 0.05) is 42.5 Å². The summed E-state index contributed by atoms with van der Waals surface area (Å²) in [6.45, 7) is 1.47. The maximum atomic E-state index is 14.3. The van der Waals surface area contributed by atoms with Crippen LogP contribution in [0.3, 0.4) is 0 Å². The summed E-state index contributed by atoms with van der Waals surface area (Å²) in [5, 5.41) is 6.17. The molecule has 0 aliphatic rings. The predicted octanol–water partition coefficient (Wildman–Crippen LogP) is 5.18. The number of hydrogen-bond acceptors (Lipinski definition) is 5. The molecule has 1 amide bonds. The van der Waals surface area contributed by atoms with Gasteiger partial charge in [0.15, 0.2) is 5.78 Å². The summed E-state index contributed by atoms with van der Waals surface area (Å²) in [5.41, 5.74) is 0.609. The first-order valence-corrected chi connectivity index (χ1v) is 9.96. The second-order valence-electron chi connectivity index (χ2n) is 7.47. The molecular formula is C23H17F4N5O2. The van der Waals surface area contributed by atoms with Crippen LogP contribution in [0.5, 0.6) is 0 Å².